The molecule has 7 nitrogen and oxygen atoms in total. The molecule has 3 saturated heterocycles. The van der Waals surface area contributed by atoms with Gasteiger partial charge in [0.15, 0.2) is 18.1 Å². The van der Waals surface area contributed by atoms with Gasteiger partial charge in [-0.2, -0.15) is 0 Å². The van der Waals surface area contributed by atoms with Crippen LogP contribution in [-0.4, -0.2) is 85.0 Å². The van der Waals surface area contributed by atoms with Gasteiger partial charge in [0.1, 0.15) is 0 Å². The van der Waals surface area contributed by atoms with Crippen molar-refractivity contribution < 1.29 is 19.1 Å². The van der Waals surface area contributed by atoms with Gasteiger partial charge in [0, 0.05) is 37.8 Å². The molecule has 32 heavy (non-hydrogen) atoms. The molecule has 1 aromatic carbocycles. The van der Waals surface area contributed by atoms with Crippen LogP contribution in [0.4, 0.5) is 0 Å². The molecule has 176 valence electrons. The van der Waals surface area contributed by atoms with Crippen molar-refractivity contribution in [1.29, 1.82) is 0 Å². The maximum Gasteiger partial charge on any atom is 0.260 e. The second-order valence-electron chi connectivity index (χ2n) is 9.09. The van der Waals surface area contributed by atoms with E-state index in [0.29, 0.717) is 29.7 Å². The molecule has 0 aromatic heterocycles. The first-order valence-corrected chi connectivity index (χ1v) is 12.4. The normalized spacial score (nSPS) is 20.4. The fourth-order valence-corrected chi connectivity index (χ4v) is 5.13. The molecule has 0 spiro atoms. The van der Waals surface area contributed by atoms with Gasteiger partial charge in [-0.05, 0) is 83.2 Å². The first-order valence-electron chi connectivity index (χ1n) is 12.4. The minimum atomic E-state index is -0.00260. The Hall–Kier alpha value is -2.28. The lowest BCUT2D eigenvalue weighted by atomic mass is 10.0. The lowest BCUT2D eigenvalue weighted by Gasteiger charge is -2.36. The van der Waals surface area contributed by atoms with Crippen molar-refractivity contribution in [3.63, 3.8) is 0 Å². The molecule has 3 aliphatic heterocycles. The van der Waals surface area contributed by atoms with Gasteiger partial charge in [-0.1, -0.05) is 0 Å². The number of ether oxygens (including phenoxy) is 2. The van der Waals surface area contributed by atoms with Crippen LogP contribution in [0.25, 0.3) is 0 Å². The third-order valence-electron chi connectivity index (χ3n) is 6.96. The summed E-state index contributed by atoms with van der Waals surface area (Å²) in [5.41, 5.74) is 0.614. The van der Waals surface area contributed by atoms with E-state index < -0.39 is 0 Å². The first-order chi connectivity index (χ1) is 15.7. The number of hydrogen-bond acceptors (Lipinski definition) is 5. The van der Waals surface area contributed by atoms with Crippen LogP contribution >= 0.6 is 0 Å². The van der Waals surface area contributed by atoms with E-state index in [1.807, 2.05) is 16.7 Å². The highest BCUT2D eigenvalue weighted by molar-refractivity contribution is 5.95. The van der Waals surface area contributed by atoms with Gasteiger partial charge in [0.2, 0.25) is 0 Å². The molecule has 3 fully saturated rings. The number of rotatable bonds is 7. The smallest absolute Gasteiger partial charge is 0.260 e. The minimum Gasteiger partial charge on any atom is -0.490 e. The van der Waals surface area contributed by atoms with Gasteiger partial charge in [0.25, 0.3) is 11.8 Å². The summed E-state index contributed by atoms with van der Waals surface area (Å²) in [5.74, 6) is 1.09. The van der Waals surface area contributed by atoms with Crippen molar-refractivity contribution in [2.75, 3.05) is 52.5 Å². The molecule has 0 radical (unpaired) electrons. The molecule has 4 rings (SSSR count). The Morgan fingerprint density at radius 1 is 0.844 bits per heavy atom. The molecule has 1 aromatic rings. The van der Waals surface area contributed by atoms with E-state index in [2.05, 4.69) is 4.90 Å². The van der Waals surface area contributed by atoms with E-state index in [4.69, 9.17) is 9.47 Å². The van der Waals surface area contributed by atoms with Crippen molar-refractivity contribution in [1.82, 2.24) is 14.7 Å². The highest BCUT2D eigenvalue weighted by Crippen LogP contribution is 2.30. The first kappa shape index (κ1) is 22.9. The van der Waals surface area contributed by atoms with Crippen LogP contribution in [0.3, 0.4) is 0 Å². The summed E-state index contributed by atoms with van der Waals surface area (Å²) in [4.78, 5) is 32.0. The van der Waals surface area contributed by atoms with Gasteiger partial charge in [-0.25, -0.2) is 0 Å². The second-order valence-corrected chi connectivity index (χ2v) is 9.09. The molecular formula is C25H37N3O4. The van der Waals surface area contributed by atoms with E-state index >= 15 is 0 Å². The van der Waals surface area contributed by atoms with Crippen LogP contribution in [0.15, 0.2) is 18.2 Å². The highest BCUT2D eigenvalue weighted by Gasteiger charge is 2.29. The zero-order valence-electron chi connectivity index (χ0n) is 19.4. The lowest BCUT2D eigenvalue weighted by molar-refractivity contribution is -0.134. The number of benzene rings is 1. The van der Waals surface area contributed by atoms with Gasteiger partial charge in [-0.15, -0.1) is 0 Å². The van der Waals surface area contributed by atoms with Crippen LogP contribution < -0.4 is 9.47 Å². The number of likely N-dealkylation sites (tertiary alicyclic amines) is 3. The van der Waals surface area contributed by atoms with Crippen LogP contribution in [0, 0.1) is 0 Å². The van der Waals surface area contributed by atoms with Gasteiger partial charge < -0.3 is 24.2 Å². The van der Waals surface area contributed by atoms with Gasteiger partial charge >= 0.3 is 0 Å². The Labute approximate surface area is 191 Å². The minimum absolute atomic E-state index is 0.00260. The van der Waals surface area contributed by atoms with E-state index in [-0.39, 0.29) is 18.4 Å². The van der Waals surface area contributed by atoms with E-state index in [0.717, 1.165) is 51.9 Å². The fraction of sp³-hybridized carbons (Fsp3) is 0.680. The summed E-state index contributed by atoms with van der Waals surface area (Å²) in [6.07, 6.45) is 8.00. The molecule has 2 amide bonds. The van der Waals surface area contributed by atoms with Crippen molar-refractivity contribution in [2.24, 2.45) is 0 Å². The number of carbonyl (C=O) groups excluding carboxylic acids is 2. The summed E-state index contributed by atoms with van der Waals surface area (Å²) in [6, 6.07) is 5.93. The number of piperidine rings is 2. The van der Waals surface area contributed by atoms with Crippen molar-refractivity contribution in [3.8, 4) is 11.5 Å². The lowest BCUT2D eigenvalue weighted by Crippen LogP contribution is -2.45. The molecule has 0 saturated carbocycles. The number of hydrogen-bond donors (Lipinski definition) is 0. The van der Waals surface area contributed by atoms with Crippen LogP contribution in [0.5, 0.6) is 11.5 Å². The van der Waals surface area contributed by atoms with Crippen molar-refractivity contribution >= 4 is 11.8 Å². The van der Waals surface area contributed by atoms with E-state index in [1.54, 1.807) is 18.2 Å². The number of nitrogens with zero attached hydrogens (tertiary/aromatic N) is 3. The summed E-state index contributed by atoms with van der Waals surface area (Å²) in [6.45, 7) is 7.99. The Kier molecular flexibility index (Phi) is 7.90. The average molecular weight is 444 g/mol. The quantitative estimate of drug-likeness (QED) is 0.648. The third kappa shape index (κ3) is 5.55. The fourth-order valence-electron chi connectivity index (χ4n) is 5.13. The maximum absolute atomic E-state index is 13.1. The molecule has 0 atom stereocenters. The number of amides is 2. The van der Waals surface area contributed by atoms with Gasteiger partial charge in [0.05, 0.1) is 6.61 Å². The Bertz CT molecular complexity index is 779. The van der Waals surface area contributed by atoms with Crippen molar-refractivity contribution in [2.45, 2.75) is 57.9 Å². The average Bonchev–Trinajstić information content (AvgIpc) is 3.38. The molecule has 0 bridgehead atoms. The Morgan fingerprint density at radius 3 is 2.22 bits per heavy atom. The predicted octanol–water partition coefficient (Wildman–Crippen LogP) is 3.18. The Morgan fingerprint density at radius 2 is 1.53 bits per heavy atom. The van der Waals surface area contributed by atoms with Crippen LogP contribution in [0.2, 0.25) is 0 Å². The molecule has 3 heterocycles. The topological polar surface area (TPSA) is 62.3 Å². The molecule has 0 aliphatic carbocycles. The highest BCUT2D eigenvalue weighted by atomic mass is 16.5. The molecule has 0 unspecified atom stereocenters. The molecule has 0 N–H and O–H groups in total. The van der Waals surface area contributed by atoms with E-state index in [9.17, 15) is 9.59 Å². The summed E-state index contributed by atoms with van der Waals surface area (Å²) >= 11 is 0. The number of carbonyl (C=O) groups is 2. The van der Waals surface area contributed by atoms with Crippen molar-refractivity contribution in [3.05, 3.63) is 23.8 Å². The third-order valence-corrected chi connectivity index (χ3v) is 6.96. The summed E-state index contributed by atoms with van der Waals surface area (Å²) in [7, 11) is 0. The monoisotopic (exact) mass is 443 g/mol. The standard InChI is InChI=1S/C25H37N3O4/c1-2-31-23-18-20(8-9-22(23)32-19-24(29)27-14-4-3-5-15-27)25(30)28-16-10-21(11-17-28)26-12-6-7-13-26/h8-9,18,21H,2-7,10-17,19H2,1H3. The summed E-state index contributed by atoms with van der Waals surface area (Å²) in [5, 5.41) is 0. The van der Waals surface area contributed by atoms with E-state index in [1.165, 1.54) is 32.4 Å². The SMILES string of the molecule is CCOc1cc(C(=O)N2CCC(N3CCCC3)CC2)ccc1OCC(=O)N1CCCCC1. The molecular weight excluding hydrogens is 406 g/mol. The van der Waals surface area contributed by atoms with Crippen LogP contribution in [-0.2, 0) is 4.79 Å². The zero-order valence-corrected chi connectivity index (χ0v) is 19.4. The largest absolute Gasteiger partial charge is 0.490 e. The Balaban J connectivity index is 1.35. The second kappa shape index (κ2) is 11.0. The zero-order chi connectivity index (χ0) is 22.3. The van der Waals surface area contributed by atoms with Crippen LogP contribution in [0.1, 0.15) is 62.2 Å². The predicted molar refractivity (Wildman–Crippen MR) is 123 cm³/mol. The molecule has 7 heteroatoms. The van der Waals surface area contributed by atoms with Gasteiger partial charge in [-0.3, -0.25) is 9.59 Å². The molecule has 3 aliphatic rings. The maximum atomic E-state index is 13.1. The summed E-state index contributed by atoms with van der Waals surface area (Å²) < 4.78 is 11.6.